The van der Waals surface area contributed by atoms with Crippen molar-refractivity contribution in [3.63, 3.8) is 0 Å². The van der Waals surface area contributed by atoms with Gasteiger partial charge in [-0.15, -0.1) is 0 Å². The summed E-state index contributed by atoms with van der Waals surface area (Å²) in [5.74, 6) is -0.305. The molecule has 1 aliphatic heterocycles. The normalized spacial score (nSPS) is 21.0. The van der Waals surface area contributed by atoms with Crippen molar-refractivity contribution in [3.05, 3.63) is 71.5 Å². The molecule has 0 spiro atoms. The number of benzene rings is 2. The van der Waals surface area contributed by atoms with Crippen LogP contribution < -0.4 is 5.32 Å². The molecular formula is C20H23FN2O2. The van der Waals surface area contributed by atoms with Crippen LogP contribution in [0.25, 0.3) is 0 Å². The van der Waals surface area contributed by atoms with Crippen molar-refractivity contribution in [2.24, 2.45) is 5.92 Å². The van der Waals surface area contributed by atoms with E-state index in [-0.39, 0.29) is 30.3 Å². The van der Waals surface area contributed by atoms with Gasteiger partial charge in [-0.3, -0.25) is 9.69 Å². The summed E-state index contributed by atoms with van der Waals surface area (Å²) in [4.78, 5) is 14.7. The Kier molecular flexibility index (Phi) is 5.79. The third-order valence-electron chi connectivity index (χ3n) is 4.75. The van der Waals surface area contributed by atoms with E-state index in [4.69, 9.17) is 0 Å². The highest BCUT2D eigenvalue weighted by atomic mass is 19.1. The fourth-order valence-corrected chi connectivity index (χ4v) is 3.28. The summed E-state index contributed by atoms with van der Waals surface area (Å²) in [5, 5.41) is 12.7. The predicted molar refractivity (Wildman–Crippen MR) is 94.6 cm³/mol. The third-order valence-corrected chi connectivity index (χ3v) is 4.75. The van der Waals surface area contributed by atoms with Gasteiger partial charge in [-0.25, -0.2) is 4.39 Å². The Morgan fingerprint density at radius 3 is 2.56 bits per heavy atom. The van der Waals surface area contributed by atoms with Crippen LogP contribution in [0.4, 0.5) is 4.39 Å². The van der Waals surface area contributed by atoms with E-state index in [1.807, 2.05) is 18.2 Å². The van der Waals surface area contributed by atoms with Crippen LogP contribution in [-0.2, 0) is 6.54 Å². The number of hydrogen-bond donors (Lipinski definition) is 2. The van der Waals surface area contributed by atoms with E-state index in [2.05, 4.69) is 10.2 Å². The maximum absolute atomic E-state index is 13.0. The molecule has 132 valence electrons. The Morgan fingerprint density at radius 1 is 1.16 bits per heavy atom. The van der Waals surface area contributed by atoms with Gasteiger partial charge in [0.1, 0.15) is 5.82 Å². The lowest BCUT2D eigenvalue weighted by Crippen LogP contribution is -2.53. The summed E-state index contributed by atoms with van der Waals surface area (Å²) < 4.78 is 13.0. The minimum atomic E-state index is -0.240. The fourth-order valence-electron chi connectivity index (χ4n) is 3.28. The van der Waals surface area contributed by atoms with E-state index >= 15 is 0 Å². The first kappa shape index (κ1) is 17.6. The van der Waals surface area contributed by atoms with Crippen LogP contribution in [-0.4, -0.2) is 41.7 Å². The summed E-state index contributed by atoms with van der Waals surface area (Å²) in [6.45, 7) is 2.28. The molecule has 0 radical (unpaired) electrons. The van der Waals surface area contributed by atoms with Crippen LogP contribution in [0.1, 0.15) is 22.3 Å². The molecule has 5 heteroatoms. The zero-order valence-corrected chi connectivity index (χ0v) is 14.1. The number of halogens is 1. The number of carbonyl (C=O) groups is 1. The SMILES string of the molecule is O=C(N[C@@H]1CN(Cc2ccc(F)cc2)CC[C@@H]1CO)c1ccccc1. The average molecular weight is 342 g/mol. The van der Waals surface area contributed by atoms with Gasteiger partial charge in [-0.1, -0.05) is 30.3 Å². The molecule has 1 aliphatic rings. The molecule has 2 aromatic rings. The van der Waals surface area contributed by atoms with Crippen molar-refractivity contribution < 1.29 is 14.3 Å². The molecule has 25 heavy (non-hydrogen) atoms. The van der Waals surface area contributed by atoms with Crippen molar-refractivity contribution in [2.45, 2.75) is 19.0 Å². The largest absolute Gasteiger partial charge is 0.396 e. The number of aliphatic hydroxyl groups is 1. The number of carbonyl (C=O) groups excluding carboxylic acids is 1. The van der Waals surface area contributed by atoms with Gasteiger partial charge in [0.05, 0.1) is 0 Å². The zero-order chi connectivity index (χ0) is 17.6. The number of piperidine rings is 1. The lowest BCUT2D eigenvalue weighted by molar-refractivity contribution is 0.0730. The van der Waals surface area contributed by atoms with Crippen LogP contribution in [0.5, 0.6) is 0 Å². The summed E-state index contributed by atoms with van der Waals surface area (Å²) in [6, 6.07) is 15.5. The molecule has 0 aromatic heterocycles. The van der Waals surface area contributed by atoms with Gasteiger partial charge >= 0.3 is 0 Å². The maximum Gasteiger partial charge on any atom is 0.251 e. The summed E-state index contributed by atoms with van der Waals surface area (Å²) in [7, 11) is 0. The summed E-state index contributed by atoms with van der Waals surface area (Å²) in [5.41, 5.74) is 1.66. The summed E-state index contributed by atoms with van der Waals surface area (Å²) >= 11 is 0. The first-order valence-corrected chi connectivity index (χ1v) is 8.59. The number of rotatable bonds is 5. The monoisotopic (exact) mass is 342 g/mol. The second-order valence-corrected chi connectivity index (χ2v) is 6.54. The van der Waals surface area contributed by atoms with Crippen LogP contribution in [0.2, 0.25) is 0 Å². The molecule has 1 saturated heterocycles. The molecule has 0 bridgehead atoms. The Labute approximate surface area is 147 Å². The molecule has 2 N–H and O–H groups in total. The highest BCUT2D eigenvalue weighted by molar-refractivity contribution is 5.94. The minimum Gasteiger partial charge on any atom is -0.396 e. The first-order valence-electron chi connectivity index (χ1n) is 8.59. The lowest BCUT2D eigenvalue weighted by atomic mass is 9.91. The maximum atomic E-state index is 13.0. The molecule has 0 aliphatic carbocycles. The molecule has 1 heterocycles. The highest BCUT2D eigenvalue weighted by Crippen LogP contribution is 2.20. The Bertz CT molecular complexity index is 691. The Morgan fingerprint density at radius 2 is 1.88 bits per heavy atom. The van der Waals surface area contributed by atoms with Gasteiger partial charge in [0.25, 0.3) is 5.91 Å². The quantitative estimate of drug-likeness (QED) is 0.878. The standard InChI is InChI=1S/C20H23FN2O2/c21-18-8-6-15(7-9-18)12-23-11-10-17(14-24)19(13-23)22-20(25)16-4-2-1-3-5-16/h1-9,17,19,24H,10-14H2,(H,22,25)/t17-,19-/m1/s1. The fraction of sp³-hybridized carbons (Fsp3) is 0.350. The van der Waals surface area contributed by atoms with Crippen molar-refractivity contribution in [1.82, 2.24) is 10.2 Å². The molecule has 3 rings (SSSR count). The minimum absolute atomic E-state index is 0.0529. The third kappa shape index (κ3) is 4.65. The van der Waals surface area contributed by atoms with E-state index in [9.17, 15) is 14.3 Å². The number of likely N-dealkylation sites (tertiary alicyclic amines) is 1. The predicted octanol–water partition coefficient (Wildman–Crippen LogP) is 2.44. The Balaban J connectivity index is 1.64. The second-order valence-electron chi connectivity index (χ2n) is 6.54. The molecule has 4 nitrogen and oxygen atoms in total. The van der Waals surface area contributed by atoms with Crippen molar-refractivity contribution >= 4 is 5.91 Å². The number of amides is 1. The van der Waals surface area contributed by atoms with E-state index < -0.39 is 0 Å². The van der Waals surface area contributed by atoms with Crippen molar-refractivity contribution in [3.8, 4) is 0 Å². The van der Waals surface area contributed by atoms with Crippen LogP contribution >= 0.6 is 0 Å². The van der Waals surface area contributed by atoms with Gasteiger partial charge in [-0.05, 0) is 42.8 Å². The molecule has 2 atom stereocenters. The number of aliphatic hydroxyl groups excluding tert-OH is 1. The van der Waals surface area contributed by atoms with Gasteiger partial charge in [0, 0.05) is 37.2 Å². The van der Waals surface area contributed by atoms with E-state index in [0.29, 0.717) is 18.7 Å². The number of nitrogens with zero attached hydrogens (tertiary/aromatic N) is 1. The molecule has 1 amide bonds. The molecule has 1 fully saturated rings. The average Bonchev–Trinajstić information content (AvgIpc) is 2.64. The van der Waals surface area contributed by atoms with Crippen LogP contribution in [0.15, 0.2) is 54.6 Å². The summed E-state index contributed by atoms with van der Waals surface area (Å²) in [6.07, 6.45) is 0.817. The molecular weight excluding hydrogens is 319 g/mol. The van der Waals surface area contributed by atoms with Gasteiger partial charge in [0.2, 0.25) is 0 Å². The van der Waals surface area contributed by atoms with Gasteiger partial charge in [0.15, 0.2) is 0 Å². The zero-order valence-electron chi connectivity index (χ0n) is 14.1. The second kappa shape index (κ2) is 8.23. The van der Waals surface area contributed by atoms with E-state index in [1.165, 1.54) is 12.1 Å². The van der Waals surface area contributed by atoms with E-state index in [0.717, 1.165) is 18.5 Å². The molecule has 0 saturated carbocycles. The molecule has 2 aromatic carbocycles. The van der Waals surface area contributed by atoms with E-state index in [1.54, 1.807) is 24.3 Å². The van der Waals surface area contributed by atoms with Crippen molar-refractivity contribution in [1.29, 1.82) is 0 Å². The number of nitrogens with one attached hydrogen (secondary N) is 1. The number of hydrogen-bond acceptors (Lipinski definition) is 3. The highest BCUT2D eigenvalue weighted by Gasteiger charge is 2.30. The van der Waals surface area contributed by atoms with Gasteiger partial charge in [-0.2, -0.15) is 0 Å². The van der Waals surface area contributed by atoms with Crippen molar-refractivity contribution in [2.75, 3.05) is 19.7 Å². The Hall–Kier alpha value is -2.24. The first-order chi connectivity index (χ1) is 12.2. The van der Waals surface area contributed by atoms with Gasteiger partial charge < -0.3 is 10.4 Å². The topological polar surface area (TPSA) is 52.6 Å². The molecule has 0 unspecified atom stereocenters. The lowest BCUT2D eigenvalue weighted by Gasteiger charge is -2.38. The van der Waals surface area contributed by atoms with Crippen LogP contribution in [0, 0.1) is 11.7 Å². The smallest absolute Gasteiger partial charge is 0.251 e. The van der Waals surface area contributed by atoms with Crippen LogP contribution in [0.3, 0.4) is 0 Å².